The van der Waals surface area contributed by atoms with E-state index in [1.807, 2.05) is 12.1 Å². The number of aromatic nitrogens is 2. The van der Waals surface area contributed by atoms with Crippen LogP contribution in [-0.2, 0) is 4.74 Å². The molecule has 2 aromatic heterocycles. The predicted octanol–water partition coefficient (Wildman–Crippen LogP) is 2.32. The Bertz CT molecular complexity index is 512. The molecule has 0 bridgehead atoms. The van der Waals surface area contributed by atoms with Gasteiger partial charge in [-0.15, -0.1) is 0 Å². The number of carbonyl (C=O) groups excluding carboxylic acids is 1. The summed E-state index contributed by atoms with van der Waals surface area (Å²) in [6.45, 7) is 2.15. The maximum Gasteiger partial charge on any atom is 0.338 e. The highest BCUT2D eigenvalue weighted by Crippen LogP contribution is 2.16. The molecular formula is C13H12N2O2. The van der Waals surface area contributed by atoms with Crippen LogP contribution in [0, 0.1) is 0 Å². The number of esters is 1. The van der Waals surface area contributed by atoms with Crippen molar-refractivity contribution in [3.8, 4) is 11.3 Å². The maximum absolute atomic E-state index is 11.6. The fourth-order valence-corrected chi connectivity index (χ4v) is 1.45. The van der Waals surface area contributed by atoms with Gasteiger partial charge in [0.05, 0.1) is 17.9 Å². The molecule has 0 saturated carbocycles. The highest BCUT2D eigenvalue weighted by molar-refractivity contribution is 5.90. The van der Waals surface area contributed by atoms with Gasteiger partial charge in [-0.05, 0) is 31.2 Å². The lowest BCUT2D eigenvalue weighted by molar-refractivity contribution is 0.0526. The molecule has 0 unspecified atom stereocenters. The standard InChI is InChI=1S/C13H12N2O2/c1-2-17-13(16)11-5-8-15-12(9-11)10-3-6-14-7-4-10/h3-9H,2H2,1H3. The first-order valence-corrected chi connectivity index (χ1v) is 5.35. The molecule has 0 saturated heterocycles. The van der Waals surface area contributed by atoms with Gasteiger partial charge in [0.25, 0.3) is 0 Å². The molecule has 0 fully saturated rings. The van der Waals surface area contributed by atoms with Gasteiger partial charge >= 0.3 is 5.97 Å². The molecule has 0 radical (unpaired) electrons. The summed E-state index contributed by atoms with van der Waals surface area (Å²) in [7, 11) is 0. The Hall–Kier alpha value is -2.23. The van der Waals surface area contributed by atoms with Crippen LogP contribution in [0.5, 0.6) is 0 Å². The normalized spacial score (nSPS) is 9.94. The lowest BCUT2D eigenvalue weighted by Gasteiger charge is -2.04. The Morgan fingerprint density at radius 1 is 1.24 bits per heavy atom. The van der Waals surface area contributed by atoms with Gasteiger partial charge in [0.15, 0.2) is 0 Å². The SMILES string of the molecule is CCOC(=O)c1ccnc(-c2ccncc2)c1. The van der Waals surface area contributed by atoms with E-state index >= 15 is 0 Å². The number of rotatable bonds is 3. The Kier molecular flexibility index (Phi) is 3.45. The van der Waals surface area contributed by atoms with Crippen LogP contribution < -0.4 is 0 Å². The molecule has 2 heterocycles. The molecule has 0 aliphatic rings. The van der Waals surface area contributed by atoms with E-state index in [0.29, 0.717) is 12.2 Å². The fraction of sp³-hybridized carbons (Fsp3) is 0.154. The largest absolute Gasteiger partial charge is 0.462 e. The molecule has 0 N–H and O–H groups in total. The summed E-state index contributed by atoms with van der Waals surface area (Å²) in [6, 6.07) is 7.05. The summed E-state index contributed by atoms with van der Waals surface area (Å²) >= 11 is 0. The van der Waals surface area contributed by atoms with E-state index in [1.165, 1.54) is 0 Å². The molecule has 2 rings (SSSR count). The summed E-state index contributed by atoms with van der Waals surface area (Å²) in [5.74, 6) is -0.329. The van der Waals surface area contributed by atoms with Crippen LogP contribution in [0.2, 0.25) is 0 Å². The molecule has 4 heteroatoms. The molecule has 0 aliphatic carbocycles. The van der Waals surface area contributed by atoms with E-state index in [0.717, 1.165) is 11.3 Å². The average Bonchev–Trinajstić information content (AvgIpc) is 2.40. The molecule has 17 heavy (non-hydrogen) atoms. The molecule has 0 spiro atoms. The molecule has 4 nitrogen and oxygen atoms in total. The quantitative estimate of drug-likeness (QED) is 0.756. The highest BCUT2D eigenvalue weighted by atomic mass is 16.5. The van der Waals surface area contributed by atoms with Gasteiger partial charge in [0.1, 0.15) is 0 Å². The summed E-state index contributed by atoms with van der Waals surface area (Å²) < 4.78 is 4.94. The van der Waals surface area contributed by atoms with E-state index < -0.39 is 0 Å². The number of nitrogens with zero attached hydrogens (tertiary/aromatic N) is 2. The van der Waals surface area contributed by atoms with E-state index in [-0.39, 0.29) is 5.97 Å². The molecule has 0 aromatic carbocycles. The van der Waals surface area contributed by atoms with Gasteiger partial charge in [0, 0.05) is 24.2 Å². The first-order chi connectivity index (χ1) is 8.31. The zero-order chi connectivity index (χ0) is 12.1. The second-order valence-corrected chi connectivity index (χ2v) is 3.39. The van der Waals surface area contributed by atoms with Gasteiger partial charge in [-0.3, -0.25) is 9.97 Å². The third-order valence-electron chi connectivity index (χ3n) is 2.25. The van der Waals surface area contributed by atoms with Crippen LogP contribution in [-0.4, -0.2) is 22.5 Å². The first-order valence-electron chi connectivity index (χ1n) is 5.35. The van der Waals surface area contributed by atoms with Crippen molar-refractivity contribution >= 4 is 5.97 Å². The Morgan fingerprint density at radius 3 is 2.71 bits per heavy atom. The second-order valence-electron chi connectivity index (χ2n) is 3.39. The van der Waals surface area contributed by atoms with Gasteiger partial charge in [-0.2, -0.15) is 0 Å². The number of hydrogen-bond donors (Lipinski definition) is 0. The predicted molar refractivity (Wildman–Crippen MR) is 63.4 cm³/mol. The minimum absolute atomic E-state index is 0.329. The van der Waals surface area contributed by atoms with Crippen LogP contribution >= 0.6 is 0 Å². The Morgan fingerprint density at radius 2 is 2.00 bits per heavy atom. The lowest BCUT2D eigenvalue weighted by atomic mass is 10.1. The van der Waals surface area contributed by atoms with Crippen LogP contribution in [0.15, 0.2) is 42.9 Å². The zero-order valence-corrected chi connectivity index (χ0v) is 9.46. The smallest absolute Gasteiger partial charge is 0.338 e. The van der Waals surface area contributed by atoms with E-state index in [4.69, 9.17) is 4.74 Å². The minimum Gasteiger partial charge on any atom is -0.462 e. The summed E-state index contributed by atoms with van der Waals surface area (Å²) in [5.41, 5.74) is 2.16. The molecule has 0 amide bonds. The van der Waals surface area contributed by atoms with E-state index in [1.54, 1.807) is 37.6 Å². The molecule has 0 atom stereocenters. The third kappa shape index (κ3) is 2.66. The van der Waals surface area contributed by atoms with Crippen molar-refractivity contribution in [3.05, 3.63) is 48.4 Å². The van der Waals surface area contributed by atoms with Gasteiger partial charge in [-0.1, -0.05) is 0 Å². The zero-order valence-electron chi connectivity index (χ0n) is 9.46. The van der Waals surface area contributed by atoms with Crippen molar-refractivity contribution in [3.63, 3.8) is 0 Å². The number of hydrogen-bond acceptors (Lipinski definition) is 4. The fourth-order valence-electron chi connectivity index (χ4n) is 1.45. The van der Waals surface area contributed by atoms with Crippen LogP contribution in [0.1, 0.15) is 17.3 Å². The molecule has 2 aromatic rings. The second kappa shape index (κ2) is 5.21. The van der Waals surface area contributed by atoms with Crippen LogP contribution in [0.4, 0.5) is 0 Å². The number of pyridine rings is 2. The van der Waals surface area contributed by atoms with Crippen molar-refractivity contribution < 1.29 is 9.53 Å². The summed E-state index contributed by atoms with van der Waals surface area (Å²) in [6.07, 6.45) is 4.98. The molecular weight excluding hydrogens is 216 g/mol. The molecule has 86 valence electrons. The average molecular weight is 228 g/mol. The van der Waals surface area contributed by atoms with Gasteiger partial charge in [-0.25, -0.2) is 4.79 Å². The molecule has 0 aliphatic heterocycles. The topological polar surface area (TPSA) is 52.1 Å². The van der Waals surface area contributed by atoms with Crippen molar-refractivity contribution in [1.29, 1.82) is 0 Å². The van der Waals surface area contributed by atoms with Crippen molar-refractivity contribution in [2.24, 2.45) is 0 Å². The van der Waals surface area contributed by atoms with Crippen molar-refractivity contribution in [2.75, 3.05) is 6.61 Å². The minimum atomic E-state index is -0.329. The van der Waals surface area contributed by atoms with Crippen LogP contribution in [0.3, 0.4) is 0 Å². The number of ether oxygens (including phenoxy) is 1. The highest BCUT2D eigenvalue weighted by Gasteiger charge is 2.08. The Balaban J connectivity index is 2.32. The summed E-state index contributed by atoms with van der Waals surface area (Å²) in [5, 5.41) is 0. The van der Waals surface area contributed by atoms with Gasteiger partial charge in [0.2, 0.25) is 0 Å². The van der Waals surface area contributed by atoms with Gasteiger partial charge < -0.3 is 4.74 Å². The van der Waals surface area contributed by atoms with E-state index in [2.05, 4.69) is 9.97 Å². The Labute approximate surface area is 99.3 Å². The van der Waals surface area contributed by atoms with E-state index in [9.17, 15) is 4.79 Å². The monoisotopic (exact) mass is 228 g/mol. The first kappa shape index (κ1) is 11.3. The van der Waals surface area contributed by atoms with Crippen LogP contribution in [0.25, 0.3) is 11.3 Å². The van der Waals surface area contributed by atoms with Crippen molar-refractivity contribution in [2.45, 2.75) is 6.92 Å². The van der Waals surface area contributed by atoms with Crippen molar-refractivity contribution in [1.82, 2.24) is 9.97 Å². The number of carbonyl (C=O) groups is 1. The third-order valence-corrected chi connectivity index (χ3v) is 2.25. The lowest BCUT2D eigenvalue weighted by Crippen LogP contribution is -2.04. The summed E-state index contributed by atoms with van der Waals surface area (Å²) in [4.78, 5) is 19.7. The maximum atomic E-state index is 11.6.